The Morgan fingerprint density at radius 1 is 1.37 bits per heavy atom. The number of carbonyl (C=O) groups is 1. The zero-order valence-electron chi connectivity index (χ0n) is 10.9. The van der Waals surface area contributed by atoms with Crippen molar-refractivity contribution < 1.29 is 4.79 Å². The van der Waals surface area contributed by atoms with Gasteiger partial charge in [0.1, 0.15) is 0 Å². The van der Waals surface area contributed by atoms with Gasteiger partial charge in [-0.3, -0.25) is 4.79 Å². The highest BCUT2D eigenvalue weighted by atomic mass is 35.5. The Morgan fingerprint density at radius 3 is 2.74 bits per heavy atom. The SMILES string of the molecule is Cl.O=C(CCc1ccsc1)NC1CC2CCC(C1)N2. The number of hydrogen-bond acceptors (Lipinski definition) is 3. The first-order valence-electron chi connectivity index (χ1n) is 6.86. The normalized spacial score (nSPS) is 28.7. The molecule has 0 saturated carbocycles. The predicted octanol–water partition coefficient (Wildman–Crippen LogP) is 2.50. The molecule has 2 bridgehead atoms. The van der Waals surface area contributed by atoms with Crippen molar-refractivity contribution in [2.24, 2.45) is 0 Å². The number of fused-ring (bicyclic) bond motifs is 2. The molecule has 2 saturated heterocycles. The third kappa shape index (κ3) is 3.94. The van der Waals surface area contributed by atoms with Crippen LogP contribution in [0.15, 0.2) is 16.8 Å². The van der Waals surface area contributed by atoms with Gasteiger partial charge in [-0.1, -0.05) is 0 Å². The molecule has 2 N–H and O–H groups in total. The van der Waals surface area contributed by atoms with E-state index in [0.29, 0.717) is 24.5 Å². The molecule has 1 amide bonds. The summed E-state index contributed by atoms with van der Waals surface area (Å²) in [6.07, 6.45) is 6.28. The number of piperidine rings is 1. The van der Waals surface area contributed by atoms with Crippen molar-refractivity contribution in [1.29, 1.82) is 0 Å². The summed E-state index contributed by atoms with van der Waals surface area (Å²) in [5.41, 5.74) is 1.28. The molecule has 3 heterocycles. The van der Waals surface area contributed by atoms with Crippen molar-refractivity contribution in [1.82, 2.24) is 10.6 Å². The van der Waals surface area contributed by atoms with Gasteiger partial charge in [0.25, 0.3) is 0 Å². The number of aryl methyl sites for hydroxylation is 1. The smallest absolute Gasteiger partial charge is 0.220 e. The van der Waals surface area contributed by atoms with Gasteiger partial charge in [0.05, 0.1) is 0 Å². The van der Waals surface area contributed by atoms with Gasteiger partial charge in [-0.25, -0.2) is 0 Å². The van der Waals surface area contributed by atoms with Crippen molar-refractivity contribution in [3.05, 3.63) is 22.4 Å². The van der Waals surface area contributed by atoms with Crippen molar-refractivity contribution in [3.8, 4) is 0 Å². The van der Waals surface area contributed by atoms with E-state index in [1.807, 2.05) is 0 Å². The fourth-order valence-corrected chi connectivity index (χ4v) is 3.87. The summed E-state index contributed by atoms with van der Waals surface area (Å²) in [7, 11) is 0. The average molecular weight is 301 g/mol. The van der Waals surface area contributed by atoms with Crippen LogP contribution in [-0.4, -0.2) is 24.0 Å². The fraction of sp³-hybridized carbons (Fsp3) is 0.643. The summed E-state index contributed by atoms with van der Waals surface area (Å²) >= 11 is 1.70. The number of hydrogen-bond donors (Lipinski definition) is 2. The van der Waals surface area contributed by atoms with Gasteiger partial charge in [0.2, 0.25) is 5.91 Å². The van der Waals surface area contributed by atoms with Crippen LogP contribution < -0.4 is 10.6 Å². The summed E-state index contributed by atoms with van der Waals surface area (Å²) in [5, 5.41) is 11.0. The quantitative estimate of drug-likeness (QED) is 0.897. The molecule has 0 spiro atoms. The van der Waals surface area contributed by atoms with Gasteiger partial charge < -0.3 is 10.6 Å². The summed E-state index contributed by atoms with van der Waals surface area (Å²) in [5.74, 6) is 0.215. The van der Waals surface area contributed by atoms with Crippen molar-refractivity contribution in [3.63, 3.8) is 0 Å². The number of rotatable bonds is 4. The summed E-state index contributed by atoms with van der Waals surface area (Å²) < 4.78 is 0. The Bertz CT molecular complexity index is 398. The number of carbonyl (C=O) groups excluding carboxylic acids is 1. The second-order valence-corrected chi connectivity index (χ2v) is 6.29. The minimum Gasteiger partial charge on any atom is -0.353 e. The lowest BCUT2D eigenvalue weighted by Crippen LogP contribution is -2.48. The second-order valence-electron chi connectivity index (χ2n) is 5.51. The standard InChI is InChI=1S/C14H20N2OS.ClH/c17-14(4-1-10-5-6-18-9-10)16-13-7-11-2-3-12(8-13)15-11;/h5-6,9,11-13,15H,1-4,7-8H2,(H,16,17);1H. The molecule has 0 aliphatic carbocycles. The Hall–Kier alpha value is -0.580. The topological polar surface area (TPSA) is 41.1 Å². The number of thiophene rings is 1. The van der Waals surface area contributed by atoms with Crippen LogP contribution in [0.25, 0.3) is 0 Å². The van der Waals surface area contributed by atoms with Crippen LogP contribution in [0.3, 0.4) is 0 Å². The summed E-state index contributed by atoms with van der Waals surface area (Å²) in [6, 6.07) is 3.79. The zero-order chi connectivity index (χ0) is 12.4. The molecule has 1 aromatic rings. The largest absolute Gasteiger partial charge is 0.353 e. The maximum atomic E-state index is 11.9. The van der Waals surface area contributed by atoms with E-state index >= 15 is 0 Å². The zero-order valence-corrected chi connectivity index (χ0v) is 12.6. The molecule has 0 aromatic carbocycles. The van der Waals surface area contributed by atoms with Crippen LogP contribution in [0.4, 0.5) is 0 Å². The predicted molar refractivity (Wildman–Crippen MR) is 81.0 cm³/mol. The maximum Gasteiger partial charge on any atom is 0.220 e. The first kappa shape index (κ1) is 14.8. The summed E-state index contributed by atoms with van der Waals surface area (Å²) in [4.78, 5) is 11.9. The Balaban J connectivity index is 0.00000133. The molecule has 3 nitrogen and oxygen atoms in total. The maximum absolute atomic E-state index is 11.9. The van der Waals surface area contributed by atoms with Crippen molar-refractivity contribution >= 4 is 29.7 Å². The highest BCUT2D eigenvalue weighted by Gasteiger charge is 2.33. The third-order valence-electron chi connectivity index (χ3n) is 4.06. The van der Waals surface area contributed by atoms with Crippen molar-refractivity contribution in [2.45, 2.75) is 56.7 Å². The van der Waals surface area contributed by atoms with Gasteiger partial charge >= 0.3 is 0 Å². The van der Waals surface area contributed by atoms with E-state index in [2.05, 4.69) is 27.5 Å². The molecule has 1 aromatic heterocycles. The van der Waals surface area contributed by atoms with E-state index in [4.69, 9.17) is 0 Å². The molecule has 2 atom stereocenters. The van der Waals surface area contributed by atoms with Gasteiger partial charge in [0, 0.05) is 24.5 Å². The number of halogens is 1. The Morgan fingerprint density at radius 2 is 2.11 bits per heavy atom. The first-order chi connectivity index (χ1) is 8.79. The molecule has 19 heavy (non-hydrogen) atoms. The molecule has 2 unspecified atom stereocenters. The lowest BCUT2D eigenvalue weighted by Gasteiger charge is -2.29. The third-order valence-corrected chi connectivity index (χ3v) is 4.79. The van der Waals surface area contributed by atoms with Crippen LogP contribution in [0.5, 0.6) is 0 Å². The van der Waals surface area contributed by atoms with E-state index in [9.17, 15) is 4.79 Å². The molecule has 5 heteroatoms. The molecular weight excluding hydrogens is 280 g/mol. The average Bonchev–Trinajstić information content (AvgIpc) is 2.97. The van der Waals surface area contributed by atoms with E-state index in [-0.39, 0.29) is 18.3 Å². The van der Waals surface area contributed by atoms with E-state index in [1.165, 1.54) is 18.4 Å². The Kier molecular flexibility index (Phi) is 5.25. The van der Waals surface area contributed by atoms with E-state index in [1.54, 1.807) is 11.3 Å². The van der Waals surface area contributed by atoms with Gasteiger partial charge in [-0.15, -0.1) is 12.4 Å². The highest BCUT2D eigenvalue weighted by molar-refractivity contribution is 7.07. The lowest BCUT2D eigenvalue weighted by molar-refractivity contribution is -0.122. The molecule has 106 valence electrons. The van der Waals surface area contributed by atoms with Gasteiger partial charge in [-0.05, 0) is 54.5 Å². The van der Waals surface area contributed by atoms with Crippen LogP contribution in [0, 0.1) is 0 Å². The molecule has 2 aliphatic rings. The second kappa shape index (κ2) is 6.73. The molecule has 0 radical (unpaired) electrons. The monoisotopic (exact) mass is 300 g/mol. The van der Waals surface area contributed by atoms with Gasteiger partial charge in [-0.2, -0.15) is 11.3 Å². The van der Waals surface area contributed by atoms with Crippen LogP contribution in [-0.2, 0) is 11.2 Å². The number of amides is 1. The minimum absolute atomic E-state index is 0. The molecule has 3 rings (SSSR count). The molecule has 2 fully saturated rings. The fourth-order valence-electron chi connectivity index (χ4n) is 3.17. The number of nitrogens with one attached hydrogen (secondary N) is 2. The van der Waals surface area contributed by atoms with E-state index < -0.39 is 0 Å². The van der Waals surface area contributed by atoms with Crippen LogP contribution >= 0.6 is 23.7 Å². The Labute approximate surface area is 124 Å². The summed E-state index contributed by atoms with van der Waals surface area (Å²) in [6.45, 7) is 0. The van der Waals surface area contributed by atoms with Gasteiger partial charge in [0.15, 0.2) is 0 Å². The molecular formula is C14H21ClN2OS. The minimum atomic E-state index is 0. The van der Waals surface area contributed by atoms with Crippen LogP contribution in [0.1, 0.15) is 37.7 Å². The van der Waals surface area contributed by atoms with E-state index in [0.717, 1.165) is 19.3 Å². The molecule has 2 aliphatic heterocycles. The highest BCUT2D eigenvalue weighted by Crippen LogP contribution is 2.26. The lowest BCUT2D eigenvalue weighted by atomic mass is 9.99. The van der Waals surface area contributed by atoms with Crippen LogP contribution in [0.2, 0.25) is 0 Å². The van der Waals surface area contributed by atoms with Crippen molar-refractivity contribution in [2.75, 3.05) is 0 Å². The first-order valence-corrected chi connectivity index (χ1v) is 7.80.